The number of nitrogens with zero attached hydrogens (tertiary/aromatic N) is 1. The van der Waals surface area contributed by atoms with Gasteiger partial charge in [0.05, 0.1) is 30.9 Å². The van der Waals surface area contributed by atoms with Crippen molar-refractivity contribution in [1.82, 2.24) is 10.2 Å². The summed E-state index contributed by atoms with van der Waals surface area (Å²) in [4.78, 5) is 26.4. The summed E-state index contributed by atoms with van der Waals surface area (Å²) in [5, 5.41) is 3.00. The molecule has 1 atom stereocenters. The van der Waals surface area contributed by atoms with Crippen molar-refractivity contribution in [1.29, 1.82) is 0 Å². The van der Waals surface area contributed by atoms with E-state index < -0.39 is 5.54 Å². The van der Waals surface area contributed by atoms with Crippen LogP contribution in [0.4, 0.5) is 0 Å². The van der Waals surface area contributed by atoms with Crippen molar-refractivity contribution in [2.24, 2.45) is 5.73 Å². The third-order valence-corrected chi connectivity index (χ3v) is 4.99. The molecule has 1 amide bonds. The van der Waals surface area contributed by atoms with Crippen LogP contribution in [0.2, 0.25) is 0 Å². The number of likely N-dealkylation sites (tertiary alicyclic amines) is 1. The van der Waals surface area contributed by atoms with Gasteiger partial charge in [-0.3, -0.25) is 4.79 Å². The summed E-state index contributed by atoms with van der Waals surface area (Å²) in [7, 11) is 3.03. The normalized spacial score (nSPS) is 18.2. The summed E-state index contributed by atoms with van der Waals surface area (Å²) in [6.07, 6.45) is 1.24. The molecule has 26 heavy (non-hydrogen) atoms. The Morgan fingerprint density at radius 2 is 1.85 bits per heavy atom. The van der Waals surface area contributed by atoms with E-state index in [1.165, 1.54) is 7.11 Å². The molecule has 144 valence electrons. The molecule has 7 heteroatoms. The largest absolute Gasteiger partial charge is 0.465 e. The summed E-state index contributed by atoms with van der Waals surface area (Å²) in [6, 6.07) is 6.81. The molecule has 0 bridgehead atoms. The number of carbonyl (C=O) groups excluding carboxylic acids is 2. The number of amides is 1. The predicted octanol–water partition coefficient (Wildman–Crippen LogP) is 1.09. The summed E-state index contributed by atoms with van der Waals surface area (Å²) < 4.78 is 9.78. The number of esters is 1. The molecule has 3 N–H and O–H groups in total. The Bertz CT molecular complexity index is 610. The van der Waals surface area contributed by atoms with Crippen LogP contribution in [0.3, 0.4) is 0 Å². The summed E-state index contributed by atoms with van der Waals surface area (Å²) in [5.74, 6) is -0.511. The molecule has 0 aliphatic carbocycles. The lowest BCUT2D eigenvalue weighted by molar-refractivity contribution is -0.128. The van der Waals surface area contributed by atoms with Gasteiger partial charge in [-0.25, -0.2) is 4.79 Å². The van der Waals surface area contributed by atoms with Crippen molar-refractivity contribution < 1.29 is 19.1 Å². The van der Waals surface area contributed by atoms with Crippen molar-refractivity contribution in [3.63, 3.8) is 0 Å². The first kappa shape index (κ1) is 20.4. The highest BCUT2D eigenvalue weighted by molar-refractivity contribution is 5.89. The quantitative estimate of drug-likeness (QED) is 0.705. The molecule has 1 unspecified atom stereocenters. The molecule has 7 nitrogen and oxygen atoms in total. The average molecular weight is 363 g/mol. The van der Waals surface area contributed by atoms with Gasteiger partial charge in [0.1, 0.15) is 0 Å². The first-order valence-electron chi connectivity index (χ1n) is 8.89. The molecule has 1 saturated heterocycles. The monoisotopic (exact) mass is 363 g/mol. The minimum Gasteiger partial charge on any atom is -0.465 e. The van der Waals surface area contributed by atoms with Gasteiger partial charge in [-0.15, -0.1) is 0 Å². The van der Waals surface area contributed by atoms with Crippen molar-refractivity contribution in [2.45, 2.75) is 31.3 Å². The number of hydrogen-bond donors (Lipinski definition) is 2. The van der Waals surface area contributed by atoms with Crippen LogP contribution in [0.25, 0.3) is 0 Å². The van der Waals surface area contributed by atoms with Gasteiger partial charge in [-0.05, 0) is 37.5 Å². The Kier molecular flexibility index (Phi) is 7.14. The average Bonchev–Trinajstić information content (AvgIpc) is 2.67. The SMILES string of the molecule is COCCN1CCC(N)(C(=O)NC(C)c2ccc(C(=O)OC)cc2)CC1. The minimum atomic E-state index is -0.843. The number of carbonyl (C=O) groups is 2. The molecule has 0 saturated carbocycles. The Labute approximate surface area is 154 Å². The number of ether oxygens (including phenoxy) is 2. The van der Waals surface area contributed by atoms with Crippen LogP contribution in [-0.4, -0.2) is 62.8 Å². The number of methoxy groups -OCH3 is 2. The molecule has 1 heterocycles. The second-order valence-corrected chi connectivity index (χ2v) is 6.80. The van der Waals surface area contributed by atoms with E-state index in [0.29, 0.717) is 25.0 Å². The van der Waals surface area contributed by atoms with E-state index in [0.717, 1.165) is 25.2 Å². The van der Waals surface area contributed by atoms with E-state index in [1.54, 1.807) is 19.2 Å². The van der Waals surface area contributed by atoms with Crippen molar-refractivity contribution in [2.75, 3.05) is 40.5 Å². The smallest absolute Gasteiger partial charge is 0.337 e. The molecule has 1 aromatic carbocycles. The van der Waals surface area contributed by atoms with E-state index in [4.69, 9.17) is 10.5 Å². The number of hydrogen-bond acceptors (Lipinski definition) is 6. The summed E-state index contributed by atoms with van der Waals surface area (Å²) in [5.41, 5.74) is 6.92. The van der Waals surface area contributed by atoms with Gasteiger partial charge in [0, 0.05) is 26.7 Å². The fraction of sp³-hybridized carbons (Fsp3) is 0.579. The lowest BCUT2D eigenvalue weighted by Gasteiger charge is -2.38. The van der Waals surface area contributed by atoms with Crippen LogP contribution >= 0.6 is 0 Å². The molecule has 0 spiro atoms. The van der Waals surface area contributed by atoms with Gasteiger partial charge < -0.3 is 25.4 Å². The molecule has 1 aliphatic heterocycles. The zero-order chi connectivity index (χ0) is 19.2. The van der Waals surface area contributed by atoms with Crippen LogP contribution in [-0.2, 0) is 14.3 Å². The van der Waals surface area contributed by atoms with Gasteiger partial charge in [-0.1, -0.05) is 12.1 Å². The predicted molar refractivity (Wildman–Crippen MR) is 98.8 cm³/mol. The highest BCUT2D eigenvalue weighted by Gasteiger charge is 2.38. The number of benzene rings is 1. The Morgan fingerprint density at radius 1 is 1.23 bits per heavy atom. The maximum atomic E-state index is 12.7. The summed E-state index contributed by atoms with van der Waals surface area (Å²) in [6.45, 7) is 5.02. The van der Waals surface area contributed by atoms with Gasteiger partial charge in [0.2, 0.25) is 5.91 Å². The van der Waals surface area contributed by atoms with Gasteiger partial charge in [-0.2, -0.15) is 0 Å². The molecule has 0 radical (unpaired) electrons. The minimum absolute atomic E-state index is 0.131. The molecule has 2 rings (SSSR count). The molecule has 1 fully saturated rings. The van der Waals surface area contributed by atoms with Crippen molar-refractivity contribution in [3.8, 4) is 0 Å². The maximum Gasteiger partial charge on any atom is 0.337 e. The number of piperidine rings is 1. The topological polar surface area (TPSA) is 93.9 Å². The van der Waals surface area contributed by atoms with Gasteiger partial charge in [0.25, 0.3) is 0 Å². The number of nitrogens with two attached hydrogens (primary N) is 1. The second kappa shape index (κ2) is 9.12. The van der Waals surface area contributed by atoms with Crippen LogP contribution in [0.1, 0.15) is 41.7 Å². The van der Waals surface area contributed by atoms with E-state index in [9.17, 15) is 9.59 Å². The van der Waals surface area contributed by atoms with Crippen LogP contribution < -0.4 is 11.1 Å². The highest BCUT2D eigenvalue weighted by Crippen LogP contribution is 2.22. The van der Waals surface area contributed by atoms with Crippen LogP contribution in [0.5, 0.6) is 0 Å². The Morgan fingerprint density at radius 3 is 2.38 bits per heavy atom. The Hall–Kier alpha value is -1.96. The fourth-order valence-electron chi connectivity index (χ4n) is 3.07. The van der Waals surface area contributed by atoms with Crippen LogP contribution in [0.15, 0.2) is 24.3 Å². The maximum absolute atomic E-state index is 12.7. The van der Waals surface area contributed by atoms with E-state index >= 15 is 0 Å². The Balaban J connectivity index is 1.91. The highest BCUT2D eigenvalue weighted by atomic mass is 16.5. The van der Waals surface area contributed by atoms with Crippen LogP contribution in [0, 0.1) is 0 Å². The van der Waals surface area contributed by atoms with Crippen molar-refractivity contribution in [3.05, 3.63) is 35.4 Å². The second-order valence-electron chi connectivity index (χ2n) is 6.80. The molecular formula is C19H29N3O4. The summed E-state index contributed by atoms with van der Waals surface area (Å²) >= 11 is 0. The van der Waals surface area contributed by atoms with Crippen molar-refractivity contribution >= 4 is 11.9 Å². The first-order valence-corrected chi connectivity index (χ1v) is 8.89. The first-order chi connectivity index (χ1) is 12.4. The van der Waals surface area contributed by atoms with E-state index in [-0.39, 0.29) is 17.9 Å². The number of rotatable bonds is 7. The van der Waals surface area contributed by atoms with Gasteiger partial charge >= 0.3 is 5.97 Å². The molecule has 1 aliphatic rings. The zero-order valence-electron chi connectivity index (χ0n) is 15.8. The van der Waals surface area contributed by atoms with Gasteiger partial charge in [0.15, 0.2) is 0 Å². The lowest BCUT2D eigenvalue weighted by atomic mass is 9.87. The molecular weight excluding hydrogens is 334 g/mol. The standard InChI is InChI=1S/C19H29N3O4/c1-14(15-4-6-16(7-5-15)17(23)26-3)21-18(24)19(20)8-10-22(11-9-19)12-13-25-2/h4-7,14H,8-13,20H2,1-3H3,(H,21,24). The molecule has 0 aromatic heterocycles. The third kappa shape index (κ3) is 5.03. The zero-order valence-corrected chi connectivity index (χ0v) is 15.8. The molecule has 1 aromatic rings. The van der Waals surface area contributed by atoms with E-state index in [2.05, 4.69) is 15.0 Å². The van der Waals surface area contributed by atoms with E-state index in [1.807, 2.05) is 19.1 Å². The number of nitrogens with one attached hydrogen (secondary N) is 1. The lowest BCUT2D eigenvalue weighted by Crippen LogP contribution is -2.60. The third-order valence-electron chi connectivity index (χ3n) is 4.99. The fourth-order valence-corrected chi connectivity index (χ4v) is 3.07.